The summed E-state index contributed by atoms with van der Waals surface area (Å²) in [4.78, 5) is 39.9. The molecule has 38 heavy (non-hydrogen) atoms. The van der Waals surface area contributed by atoms with Crippen LogP contribution in [0.1, 0.15) is 28.4 Å². The van der Waals surface area contributed by atoms with Gasteiger partial charge in [0.15, 0.2) is 5.78 Å². The van der Waals surface area contributed by atoms with Crippen LogP contribution in [0.2, 0.25) is 0 Å². The monoisotopic (exact) mass is 519 g/mol. The molecule has 3 aromatic rings. The number of rotatable bonds is 6. The minimum absolute atomic E-state index is 0.0752. The molecule has 0 bridgehead atoms. The van der Waals surface area contributed by atoms with Crippen LogP contribution >= 0.6 is 0 Å². The normalized spacial score (nSPS) is 8.24. The second kappa shape index (κ2) is 23.5. The molecule has 0 aromatic heterocycles. The summed E-state index contributed by atoms with van der Waals surface area (Å²) in [5.41, 5.74) is 7.19. The number of carboxylic acid groups (broad SMARTS) is 2. The number of nitrogens with two attached hydrogens (primary N) is 1. The molecule has 200 valence electrons. The van der Waals surface area contributed by atoms with Gasteiger partial charge in [-0.15, -0.1) is 0 Å². The topological polar surface area (TPSA) is 144 Å². The molecule has 0 aliphatic rings. The third-order valence-corrected chi connectivity index (χ3v) is 3.74. The number of carboxylic acids is 2. The number of ketones is 1. The minimum atomic E-state index is -0.981. The first-order valence-corrected chi connectivity index (χ1v) is 11.1. The summed E-state index contributed by atoms with van der Waals surface area (Å²) in [7, 11) is 0. The highest BCUT2D eigenvalue weighted by Crippen LogP contribution is 2.08. The lowest BCUT2D eigenvalue weighted by Gasteiger charge is -1.99. The van der Waals surface area contributed by atoms with E-state index in [2.05, 4.69) is 30.2 Å². The molecule has 0 aliphatic heterocycles. The fraction of sp³-hybridized carbons (Fsp3) is 0.0667. The van der Waals surface area contributed by atoms with Crippen LogP contribution in [0, 0.1) is 0 Å². The van der Waals surface area contributed by atoms with Crippen LogP contribution < -0.4 is 5.73 Å². The highest BCUT2D eigenvalue weighted by molar-refractivity contribution is 6.08. The van der Waals surface area contributed by atoms with Gasteiger partial charge in [-0.3, -0.25) is 4.79 Å². The fourth-order valence-electron chi connectivity index (χ4n) is 2.08. The van der Waals surface area contributed by atoms with Gasteiger partial charge < -0.3 is 20.7 Å². The molecule has 0 fully saturated rings. The summed E-state index contributed by atoms with van der Waals surface area (Å²) in [6.45, 7) is 11.6. The summed E-state index contributed by atoms with van der Waals surface area (Å²) in [6, 6.07) is 28.6. The van der Waals surface area contributed by atoms with Crippen molar-refractivity contribution in [1.82, 2.24) is 0 Å². The molecule has 0 spiro atoms. The van der Waals surface area contributed by atoms with Gasteiger partial charge in [0.1, 0.15) is 0 Å². The largest absolute Gasteiger partial charge is 0.478 e. The standard InChI is InChI=1S/C13H10O.C8H8.C3H7NO2.2C3H4O2/c14-13(11-7-3-1-4-8-11)12-9-5-2-6-10-12;1-2-8-6-4-3-5-7-8;1-2-6-3(4)5;2*1-2-3(4)5/h1-10H;2-7H,1H2;2H2,1H3,(H2,4,5);2*2H,1H2,(H,4,5). The second-order valence-corrected chi connectivity index (χ2v) is 6.51. The van der Waals surface area contributed by atoms with Gasteiger partial charge in [0.05, 0.1) is 6.61 Å². The first kappa shape index (κ1) is 34.9. The highest BCUT2D eigenvalue weighted by atomic mass is 16.5. The lowest BCUT2D eigenvalue weighted by Crippen LogP contribution is -2.11. The molecule has 4 N–H and O–H groups in total. The predicted octanol–water partition coefficient (Wildman–Crippen LogP) is 5.86. The molecule has 0 heterocycles. The molecular weight excluding hydrogens is 486 g/mol. The van der Waals surface area contributed by atoms with Gasteiger partial charge in [-0.2, -0.15) is 0 Å². The third-order valence-electron chi connectivity index (χ3n) is 3.74. The first-order chi connectivity index (χ1) is 18.1. The number of benzene rings is 3. The Kier molecular flexibility index (Phi) is 21.6. The van der Waals surface area contributed by atoms with E-state index in [9.17, 15) is 19.2 Å². The molecule has 0 atom stereocenters. The Labute approximate surface area is 223 Å². The van der Waals surface area contributed by atoms with Gasteiger partial charge in [0.2, 0.25) is 0 Å². The Balaban J connectivity index is 0. The molecular formula is C30H33NO7. The van der Waals surface area contributed by atoms with Crippen molar-refractivity contribution < 1.29 is 34.1 Å². The van der Waals surface area contributed by atoms with Gasteiger partial charge >= 0.3 is 18.0 Å². The van der Waals surface area contributed by atoms with Crippen molar-refractivity contribution >= 4 is 29.9 Å². The van der Waals surface area contributed by atoms with E-state index in [0.29, 0.717) is 6.61 Å². The number of carbonyl (C=O) groups excluding carboxylic acids is 2. The number of amides is 1. The van der Waals surface area contributed by atoms with E-state index in [-0.39, 0.29) is 5.78 Å². The van der Waals surface area contributed by atoms with Crippen molar-refractivity contribution in [2.75, 3.05) is 6.61 Å². The molecule has 3 aromatic carbocycles. The third kappa shape index (κ3) is 21.3. The van der Waals surface area contributed by atoms with E-state index in [1.807, 2.05) is 97.1 Å². The van der Waals surface area contributed by atoms with Gasteiger partial charge in [0.25, 0.3) is 0 Å². The van der Waals surface area contributed by atoms with Crippen LogP contribution in [0.25, 0.3) is 6.08 Å². The van der Waals surface area contributed by atoms with E-state index in [1.54, 1.807) is 6.92 Å². The molecule has 8 nitrogen and oxygen atoms in total. The molecule has 0 radical (unpaired) electrons. The molecule has 1 amide bonds. The molecule has 8 heteroatoms. The highest BCUT2D eigenvalue weighted by Gasteiger charge is 2.06. The van der Waals surface area contributed by atoms with Crippen molar-refractivity contribution in [2.45, 2.75) is 6.92 Å². The zero-order chi connectivity index (χ0) is 29.2. The predicted molar refractivity (Wildman–Crippen MR) is 150 cm³/mol. The lowest BCUT2D eigenvalue weighted by atomic mass is 10.0. The maximum absolute atomic E-state index is 11.8. The molecule has 3 rings (SSSR count). The van der Waals surface area contributed by atoms with E-state index >= 15 is 0 Å². The smallest absolute Gasteiger partial charge is 0.404 e. The number of primary amides is 1. The molecule has 0 unspecified atom stereocenters. The van der Waals surface area contributed by atoms with Gasteiger partial charge in [-0.05, 0) is 12.5 Å². The summed E-state index contributed by atoms with van der Waals surface area (Å²) >= 11 is 0. The molecule has 0 aliphatic carbocycles. The van der Waals surface area contributed by atoms with Crippen molar-refractivity contribution in [3.63, 3.8) is 0 Å². The lowest BCUT2D eigenvalue weighted by molar-refractivity contribution is -0.132. The Morgan fingerprint density at radius 2 is 1.03 bits per heavy atom. The quantitative estimate of drug-likeness (QED) is 0.273. The zero-order valence-electron chi connectivity index (χ0n) is 21.2. The summed E-state index contributed by atoms with van der Waals surface area (Å²) in [5.74, 6) is -1.89. The number of hydrogen-bond donors (Lipinski definition) is 3. The Morgan fingerprint density at radius 1 is 0.711 bits per heavy atom. The van der Waals surface area contributed by atoms with Crippen LogP contribution in [0.4, 0.5) is 4.79 Å². The van der Waals surface area contributed by atoms with E-state index in [1.165, 1.54) is 5.56 Å². The average Bonchev–Trinajstić information content (AvgIpc) is 2.95. The Hall–Kier alpha value is -5.24. The minimum Gasteiger partial charge on any atom is -0.478 e. The van der Waals surface area contributed by atoms with Crippen molar-refractivity contribution in [3.05, 3.63) is 140 Å². The fourth-order valence-corrected chi connectivity index (χ4v) is 2.08. The van der Waals surface area contributed by atoms with E-state index in [0.717, 1.165) is 23.3 Å². The number of aliphatic carboxylic acids is 2. The van der Waals surface area contributed by atoms with E-state index < -0.39 is 18.0 Å². The van der Waals surface area contributed by atoms with Crippen molar-refractivity contribution in [2.24, 2.45) is 5.73 Å². The van der Waals surface area contributed by atoms with Gasteiger partial charge in [-0.1, -0.05) is 117 Å². The van der Waals surface area contributed by atoms with Crippen LogP contribution in [0.3, 0.4) is 0 Å². The van der Waals surface area contributed by atoms with Crippen molar-refractivity contribution in [1.29, 1.82) is 0 Å². The second-order valence-electron chi connectivity index (χ2n) is 6.51. The molecule has 0 saturated heterocycles. The van der Waals surface area contributed by atoms with Crippen LogP contribution in [-0.2, 0) is 14.3 Å². The Morgan fingerprint density at radius 3 is 1.21 bits per heavy atom. The van der Waals surface area contributed by atoms with Crippen LogP contribution in [-0.4, -0.2) is 40.6 Å². The maximum atomic E-state index is 11.8. The first-order valence-electron chi connectivity index (χ1n) is 11.1. The number of carbonyl (C=O) groups is 4. The summed E-state index contributed by atoms with van der Waals surface area (Å²) in [5, 5.41) is 15.2. The number of ether oxygens (including phenoxy) is 1. The van der Waals surface area contributed by atoms with Crippen LogP contribution in [0.15, 0.2) is 123 Å². The van der Waals surface area contributed by atoms with Crippen LogP contribution in [0.5, 0.6) is 0 Å². The Bertz CT molecular complexity index is 1050. The average molecular weight is 520 g/mol. The maximum Gasteiger partial charge on any atom is 0.404 e. The van der Waals surface area contributed by atoms with Gasteiger partial charge in [0, 0.05) is 23.3 Å². The number of hydrogen-bond acceptors (Lipinski definition) is 5. The van der Waals surface area contributed by atoms with Crippen molar-refractivity contribution in [3.8, 4) is 0 Å². The van der Waals surface area contributed by atoms with Gasteiger partial charge in [-0.25, -0.2) is 14.4 Å². The zero-order valence-corrected chi connectivity index (χ0v) is 21.2. The summed E-state index contributed by atoms with van der Waals surface area (Å²) < 4.78 is 4.18. The summed E-state index contributed by atoms with van der Waals surface area (Å²) in [6.07, 6.45) is 2.79. The SMILES string of the molecule is C=CC(=O)O.C=CC(=O)O.C=Cc1ccccc1.CCOC(N)=O.O=C(c1ccccc1)c1ccccc1. The van der Waals surface area contributed by atoms with E-state index in [4.69, 9.17) is 10.2 Å². The molecule has 0 saturated carbocycles.